The molecule has 1 N–H and O–H groups in total. The number of para-hydroxylation sites is 1. The molecule has 0 unspecified atom stereocenters. The number of halogens is 3. The van der Waals surface area contributed by atoms with Crippen LogP contribution in [0.5, 0.6) is 0 Å². The van der Waals surface area contributed by atoms with Gasteiger partial charge in [0.2, 0.25) is 0 Å². The number of benzene rings is 1. The molecule has 118 valence electrons. The van der Waals surface area contributed by atoms with E-state index in [1.807, 2.05) is 0 Å². The van der Waals surface area contributed by atoms with E-state index in [1.165, 1.54) is 11.3 Å². The summed E-state index contributed by atoms with van der Waals surface area (Å²) in [7, 11) is 0. The highest BCUT2D eigenvalue weighted by molar-refractivity contribution is 7.07. The second kappa shape index (κ2) is 6.83. The van der Waals surface area contributed by atoms with Crippen LogP contribution in [0.25, 0.3) is 0 Å². The van der Waals surface area contributed by atoms with E-state index in [-0.39, 0.29) is 6.54 Å². The van der Waals surface area contributed by atoms with E-state index in [1.54, 1.807) is 48.0 Å². The Morgan fingerprint density at radius 1 is 1.27 bits per heavy atom. The highest BCUT2D eigenvalue weighted by atomic mass is 32.1. The summed E-state index contributed by atoms with van der Waals surface area (Å²) in [5.74, 6) is 0. The number of thiophene rings is 1. The molecule has 0 fully saturated rings. The molecule has 1 aromatic heterocycles. The summed E-state index contributed by atoms with van der Waals surface area (Å²) in [6, 6.07) is 7.89. The van der Waals surface area contributed by atoms with Crippen LogP contribution in [0.1, 0.15) is 11.1 Å². The number of hydrogen-bond donors (Lipinski definition) is 1. The van der Waals surface area contributed by atoms with Gasteiger partial charge in [0, 0.05) is 12.2 Å². The van der Waals surface area contributed by atoms with Crippen molar-refractivity contribution in [3.63, 3.8) is 0 Å². The molecule has 1 aromatic carbocycles. The number of hydrogen-bond acceptors (Lipinski definition) is 2. The van der Waals surface area contributed by atoms with Crippen molar-refractivity contribution in [2.75, 3.05) is 11.9 Å². The molecule has 0 radical (unpaired) electrons. The Bertz CT molecular complexity index is 626. The minimum atomic E-state index is -4.45. The maximum Gasteiger partial charge on any atom is 0.406 e. The van der Waals surface area contributed by atoms with Crippen molar-refractivity contribution >= 4 is 23.1 Å². The predicted molar refractivity (Wildman–Crippen MR) is 81.0 cm³/mol. The third-order valence-electron chi connectivity index (χ3n) is 3.00. The normalized spacial score (nSPS) is 11.3. The molecule has 0 aliphatic rings. The number of alkyl halides is 3. The summed E-state index contributed by atoms with van der Waals surface area (Å²) in [5, 5.41) is 6.03. The van der Waals surface area contributed by atoms with Gasteiger partial charge in [0.25, 0.3) is 0 Å². The van der Waals surface area contributed by atoms with Gasteiger partial charge in [-0.15, -0.1) is 0 Å². The van der Waals surface area contributed by atoms with Crippen LogP contribution in [0.4, 0.5) is 23.7 Å². The van der Waals surface area contributed by atoms with Gasteiger partial charge in [-0.1, -0.05) is 18.2 Å². The van der Waals surface area contributed by atoms with Crippen molar-refractivity contribution in [1.29, 1.82) is 0 Å². The molecule has 7 heteroatoms. The van der Waals surface area contributed by atoms with Gasteiger partial charge in [-0.3, -0.25) is 0 Å². The highest BCUT2D eigenvalue weighted by Crippen LogP contribution is 2.21. The molecule has 0 saturated heterocycles. The molecule has 2 aromatic rings. The standard InChI is InChI=1S/C15H15F3N2OS/c1-11-4-2-3-5-13(11)19-14(21)20(10-15(16,17)18)8-12-6-7-22-9-12/h2-7,9H,8,10H2,1H3,(H,19,21). The molecule has 1 heterocycles. The summed E-state index contributed by atoms with van der Waals surface area (Å²) in [5.41, 5.74) is 1.97. The van der Waals surface area contributed by atoms with Crippen molar-refractivity contribution in [3.05, 3.63) is 52.2 Å². The number of anilines is 1. The molecular weight excluding hydrogens is 313 g/mol. The van der Waals surface area contributed by atoms with Gasteiger partial charge in [-0.25, -0.2) is 4.79 Å². The number of aryl methyl sites for hydroxylation is 1. The van der Waals surface area contributed by atoms with Gasteiger partial charge >= 0.3 is 12.2 Å². The molecule has 3 nitrogen and oxygen atoms in total. The van der Waals surface area contributed by atoms with Crippen LogP contribution in [0, 0.1) is 6.92 Å². The lowest BCUT2D eigenvalue weighted by Gasteiger charge is -2.24. The van der Waals surface area contributed by atoms with Crippen LogP contribution in [0.2, 0.25) is 0 Å². The van der Waals surface area contributed by atoms with Crippen LogP contribution in [-0.2, 0) is 6.54 Å². The topological polar surface area (TPSA) is 32.3 Å². The van der Waals surface area contributed by atoms with Crippen molar-refractivity contribution in [2.24, 2.45) is 0 Å². The third-order valence-corrected chi connectivity index (χ3v) is 3.73. The van der Waals surface area contributed by atoms with Crippen LogP contribution >= 0.6 is 11.3 Å². The molecule has 0 atom stereocenters. The zero-order valence-corrected chi connectivity index (χ0v) is 12.7. The van der Waals surface area contributed by atoms with Crippen molar-refractivity contribution in [1.82, 2.24) is 4.90 Å². The number of amides is 2. The van der Waals surface area contributed by atoms with Gasteiger partial charge in [-0.05, 0) is 40.9 Å². The van der Waals surface area contributed by atoms with Gasteiger partial charge in [0.1, 0.15) is 6.54 Å². The van der Waals surface area contributed by atoms with Crippen LogP contribution in [0.3, 0.4) is 0 Å². The first-order valence-electron chi connectivity index (χ1n) is 6.54. The molecule has 2 amide bonds. The molecule has 2 rings (SSSR count). The Balaban J connectivity index is 2.13. The second-order valence-corrected chi connectivity index (χ2v) is 5.63. The Morgan fingerprint density at radius 2 is 2.00 bits per heavy atom. The maximum atomic E-state index is 12.7. The lowest BCUT2D eigenvalue weighted by Crippen LogP contribution is -2.41. The molecule has 22 heavy (non-hydrogen) atoms. The number of rotatable bonds is 4. The minimum absolute atomic E-state index is 0.0826. The van der Waals surface area contributed by atoms with Crippen molar-refractivity contribution in [2.45, 2.75) is 19.6 Å². The number of carbonyl (C=O) groups is 1. The Kier molecular flexibility index (Phi) is 5.07. The van der Waals surface area contributed by atoms with E-state index < -0.39 is 18.8 Å². The van der Waals surface area contributed by atoms with Gasteiger partial charge < -0.3 is 10.2 Å². The first kappa shape index (κ1) is 16.4. The molecule has 0 aliphatic carbocycles. The zero-order chi connectivity index (χ0) is 16.2. The largest absolute Gasteiger partial charge is 0.406 e. The number of carbonyl (C=O) groups excluding carboxylic acids is 1. The molecule has 0 bridgehead atoms. The summed E-state index contributed by atoms with van der Waals surface area (Å²) < 4.78 is 38.1. The smallest absolute Gasteiger partial charge is 0.311 e. The number of nitrogens with one attached hydrogen (secondary N) is 1. The number of urea groups is 1. The zero-order valence-electron chi connectivity index (χ0n) is 11.9. The molecule has 0 spiro atoms. The summed E-state index contributed by atoms with van der Waals surface area (Å²) in [6.45, 7) is 0.407. The molecule has 0 saturated carbocycles. The van der Waals surface area contributed by atoms with Crippen molar-refractivity contribution < 1.29 is 18.0 Å². The maximum absolute atomic E-state index is 12.7. The van der Waals surface area contributed by atoms with E-state index >= 15 is 0 Å². The average molecular weight is 328 g/mol. The predicted octanol–water partition coefficient (Wildman–Crippen LogP) is 4.65. The first-order chi connectivity index (χ1) is 10.3. The fourth-order valence-corrected chi connectivity index (χ4v) is 2.59. The van der Waals surface area contributed by atoms with Crippen LogP contribution in [0.15, 0.2) is 41.1 Å². The monoisotopic (exact) mass is 328 g/mol. The Morgan fingerprint density at radius 3 is 2.59 bits per heavy atom. The first-order valence-corrected chi connectivity index (χ1v) is 7.49. The summed E-state index contributed by atoms with van der Waals surface area (Å²) in [6.07, 6.45) is -4.45. The fraction of sp³-hybridized carbons (Fsp3) is 0.267. The molecular formula is C15H15F3N2OS. The van der Waals surface area contributed by atoms with Gasteiger partial charge in [0.15, 0.2) is 0 Å². The number of nitrogens with zero attached hydrogens (tertiary/aromatic N) is 1. The van der Waals surface area contributed by atoms with Crippen LogP contribution < -0.4 is 5.32 Å². The van der Waals surface area contributed by atoms with E-state index in [0.29, 0.717) is 11.3 Å². The minimum Gasteiger partial charge on any atom is -0.311 e. The van der Waals surface area contributed by atoms with Crippen LogP contribution in [-0.4, -0.2) is 23.7 Å². The van der Waals surface area contributed by atoms with E-state index in [4.69, 9.17) is 0 Å². The average Bonchev–Trinajstić information content (AvgIpc) is 2.92. The Labute approximate surface area is 130 Å². The van der Waals surface area contributed by atoms with Gasteiger partial charge in [-0.2, -0.15) is 24.5 Å². The fourth-order valence-electron chi connectivity index (χ4n) is 1.93. The third kappa shape index (κ3) is 4.77. The summed E-state index contributed by atoms with van der Waals surface area (Å²) >= 11 is 1.38. The highest BCUT2D eigenvalue weighted by Gasteiger charge is 2.33. The van der Waals surface area contributed by atoms with E-state index in [9.17, 15) is 18.0 Å². The molecule has 0 aliphatic heterocycles. The second-order valence-electron chi connectivity index (χ2n) is 4.85. The van der Waals surface area contributed by atoms with E-state index in [2.05, 4.69) is 5.32 Å². The lowest BCUT2D eigenvalue weighted by atomic mass is 10.2. The van der Waals surface area contributed by atoms with E-state index in [0.717, 1.165) is 10.5 Å². The lowest BCUT2D eigenvalue weighted by molar-refractivity contribution is -0.140. The SMILES string of the molecule is Cc1ccccc1NC(=O)N(Cc1ccsc1)CC(F)(F)F. The van der Waals surface area contributed by atoms with Gasteiger partial charge in [0.05, 0.1) is 0 Å². The quantitative estimate of drug-likeness (QED) is 0.870. The Hall–Kier alpha value is -2.02. The summed E-state index contributed by atoms with van der Waals surface area (Å²) in [4.78, 5) is 12.9. The van der Waals surface area contributed by atoms with Crippen molar-refractivity contribution in [3.8, 4) is 0 Å².